The van der Waals surface area contributed by atoms with Crippen LogP contribution < -0.4 is 0 Å². The molecule has 0 heterocycles. The van der Waals surface area contributed by atoms with E-state index in [0.717, 1.165) is 5.92 Å². The number of rotatable bonds is 19. The van der Waals surface area contributed by atoms with Gasteiger partial charge in [-0.1, -0.05) is 129 Å². The average Bonchev–Trinajstić information content (AvgIpc) is 2.59. The predicted molar refractivity (Wildman–Crippen MR) is 113 cm³/mol. The first kappa shape index (κ1) is 23.7. The van der Waals surface area contributed by atoms with Crippen LogP contribution in [-0.2, 0) is 0 Å². The summed E-state index contributed by atoms with van der Waals surface area (Å²) < 4.78 is 0. The summed E-state index contributed by atoms with van der Waals surface area (Å²) in [5.41, 5.74) is 0. The third-order valence-electron chi connectivity index (χ3n) is 5.27. The molecule has 0 saturated heterocycles. The zero-order valence-electron chi connectivity index (χ0n) is 17.5. The molecule has 0 fully saturated rings. The molecule has 0 aromatic heterocycles. The van der Waals surface area contributed by atoms with Crippen molar-refractivity contribution in [3.8, 4) is 0 Å². The van der Waals surface area contributed by atoms with Gasteiger partial charge in [0.1, 0.15) is 0 Å². The molecule has 0 aliphatic rings. The Morgan fingerprint density at radius 3 is 1.62 bits per heavy atom. The highest BCUT2D eigenvalue weighted by molar-refractivity contribution is 4.84. The molecule has 0 N–H and O–H groups in total. The molecule has 0 nitrogen and oxygen atoms in total. The predicted octanol–water partition coefficient (Wildman–Crippen LogP) is 9.24. The molecular weight excluding hydrogens is 288 g/mol. The number of allylic oxidation sites excluding steroid dienone is 2. The van der Waals surface area contributed by atoms with E-state index in [1.165, 1.54) is 116 Å². The van der Waals surface area contributed by atoms with Crippen LogP contribution in [0.4, 0.5) is 0 Å². The van der Waals surface area contributed by atoms with Crippen molar-refractivity contribution in [1.82, 2.24) is 0 Å². The van der Waals surface area contributed by atoms with E-state index in [0.29, 0.717) is 0 Å². The Bertz CT molecular complexity index is 240. The highest BCUT2D eigenvalue weighted by Gasteiger charge is 2.05. The van der Waals surface area contributed by atoms with Gasteiger partial charge in [-0.2, -0.15) is 0 Å². The van der Waals surface area contributed by atoms with Gasteiger partial charge in [0.05, 0.1) is 0 Å². The van der Waals surface area contributed by atoms with Gasteiger partial charge in [0, 0.05) is 0 Å². The van der Waals surface area contributed by atoms with Crippen LogP contribution in [-0.4, -0.2) is 0 Å². The van der Waals surface area contributed by atoms with Crippen LogP contribution in [0.1, 0.15) is 136 Å². The van der Waals surface area contributed by atoms with E-state index in [-0.39, 0.29) is 0 Å². The molecule has 0 saturated carbocycles. The van der Waals surface area contributed by atoms with Crippen LogP contribution >= 0.6 is 0 Å². The fraction of sp³-hybridized carbons (Fsp3) is 0.917. The monoisotopic (exact) mass is 336 g/mol. The lowest BCUT2D eigenvalue weighted by Gasteiger charge is -2.13. The van der Waals surface area contributed by atoms with Crippen molar-refractivity contribution in [2.75, 3.05) is 0 Å². The van der Waals surface area contributed by atoms with Crippen molar-refractivity contribution in [1.29, 1.82) is 0 Å². The van der Waals surface area contributed by atoms with E-state index in [1.807, 2.05) is 0 Å². The molecular formula is C24H48. The quantitative estimate of drug-likeness (QED) is 0.163. The summed E-state index contributed by atoms with van der Waals surface area (Å²) in [7, 11) is 0. The Morgan fingerprint density at radius 2 is 1.04 bits per heavy atom. The summed E-state index contributed by atoms with van der Waals surface area (Å²) in [6, 6.07) is 0. The van der Waals surface area contributed by atoms with Gasteiger partial charge in [-0.15, -0.1) is 0 Å². The molecule has 144 valence electrons. The molecule has 0 heteroatoms. The minimum atomic E-state index is 0.950. The smallest absolute Gasteiger partial charge is 0.0322 e. The normalized spacial score (nSPS) is 13.0. The molecule has 1 unspecified atom stereocenters. The standard InChI is InChI=1S/C24H48/c1-4-7-9-11-13-14-15-16-18-20-23-24(21-6-3)22-19-17-12-10-8-5-2/h18,20,24H,4-17,19,21-23H2,1-3H3. The fourth-order valence-electron chi connectivity index (χ4n) is 3.63. The van der Waals surface area contributed by atoms with Gasteiger partial charge in [-0.25, -0.2) is 0 Å². The van der Waals surface area contributed by atoms with Gasteiger partial charge < -0.3 is 0 Å². The molecule has 1 atom stereocenters. The van der Waals surface area contributed by atoms with Gasteiger partial charge in [-0.05, 0) is 25.2 Å². The van der Waals surface area contributed by atoms with Gasteiger partial charge in [0.15, 0.2) is 0 Å². The van der Waals surface area contributed by atoms with Crippen LogP contribution in [0.5, 0.6) is 0 Å². The van der Waals surface area contributed by atoms with E-state index in [2.05, 4.69) is 32.9 Å². The van der Waals surface area contributed by atoms with Crippen LogP contribution in [0.2, 0.25) is 0 Å². The summed E-state index contributed by atoms with van der Waals surface area (Å²) in [6.07, 6.45) is 30.4. The molecule has 24 heavy (non-hydrogen) atoms. The maximum absolute atomic E-state index is 2.49. The fourth-order valence-corrected chi connectivity index (χ4v) is 3.63. The lowest BCUT2D eigenvalue weighted by atomic mass is 9.92. The minimum absolute atomic E-state index is 0.950. The van der Waals surface area contributed by atoms with Crippen molar-refractivity contribution < 1.29 is 0 Å². The summed E-state index contributed by atoms with van der Waals surface area (Å²) in [5, 5.41) is 0. The van der Waals surface area contributed by atoms with E-state index < -0.39 is 0 Å². The van der Waals surface area contributed by atoms with Crippen molar-refractivity contribution in [3.63, 3.8) is 0 Å². The van der Waals surface area contributed by atoms with Crippen molar-refractivity contribution in [3.05, 3.63) is 12.2 Å². The summed E-state index contributed by atoms with van der Waals surface area (Å²) in [5.74, 6) is 0.950. The third kappa shape index (κ3) is 18.1. The Labute approximate surface area is 154 Å². The van der Waals surface area contributed by atoms with E-state index in [1.54, 1.807) is 0 Å². The first-order valence-electron chi connectivity index (χ1n) is 11.5. The largest absolute Gasteiger partial charge is 0.0885 e. The van der Waals surface area contributed by atoms with Crippen LogP contribution in [0, 0.1) is 5.92 Å². The second-order valence-electron chi connectivity index (χ2n) is 7.83. The second kappa shape index (κ2) is 20.8. The summed E-state index contributed by atoms with van der Waals surface area (Å²) >= 11 is 0. The Balaban J connectivity index is 3.54. The van der Waals surface area contributed by atoms with Crippen LogP contribution in [0.15, 0.2) is 12.2 Å². The summed E-state index contributed by atoms with van der Waals surface area (Å²) in [6.45, 7) is 6.94. The second-order valence-corrected chi connectivity index (χ2v) is 7.83. The van der Waals surface area contributed by atoms with Crippen LogP contribution in [0.3, 0.4) is 0 Å². The van der Waals surface area contributed by atoms with Crippen molar-refractivity contribution >= 4 is 0 Å². The molecule has 0 aliphatic heterocycles. The molecule has 0 bridgehead atoms. The van der Waals surface area contributed by atoms with E-state index in [9.17, 15) is 0 Å². The first-order chi connectivity index (χ1) is 11.8. The number of hydrogen-bond donors (Lipinski definition) is 0. The van der Waals surface area contributed by atoms with Gasteiger partial charge in [-0.3, -0.25) is 0 Å². The van der Waals surface area contributed by atoms with Crippen molar-refractivity contribution in [2.45, 2.75) is 136 Å². The SMILES string of the molecule is CCCCCCCCCC=CCC(CCC)CCCCCCCC. The Morgan fingerprint density at radius 1 is 0.500 bits per heavy atom. The minimum Gasteiger partial charge on any atom is -0.0885 e. The summed E-state index contributed by atoms with van der Waals surface area (Å²) in [4.78, 5) is 0. The molecule has 0 radical (unpaired) electrons. The number of hydrogen-bond acceptors (Lipinski definition) is 0. The zero-order valence-corrected chi connectivity index (χ0v) is 17.5. The topological polar surface area (TPSA) is 0 Å². The van der Waals surface area contributed by atoms with E-state index >= 15 is 0 Å². The van der Waals surface area contributed by atoms with Crippen LogP contribution in [0.25, 0.3) is 0 Å². The van der Waals surface area contributed by atoms with Gasteiger partial charge in [0.2, 0.25) is 0 Å². The van der Waals surface area contributed by atoms with Gasteiger partial charge >= 0.3 is 0 Å². The highest BCUT2D eigenvalue weighted by atomic mass is 14.1. The Hall–Kier alpha value is -0.260. The maximum atomic E-state index is 2.49. The Kier molecular flexibility index (Phi) is 20.6. The lowest BCUT2D eigenvalue weighted by Crippen LogP contribution is -1.99. The molecule has 0 spiro atoms. The third-order valence-corrected chi connectivity index (χ3v) is 5.27. The number of unbranched alkanes of at least 4 members (excludes halogenated alkanes) is 12. The first-order valence-corrected chi connectivity index (χ1v) is 11.5. The highest BCUT2D eigenvalue weighted by Crippen LogP contribution is 2.21. The lowest BCUT2D eigenvalue weighted by molar-refractivity contribution is 0.422. The van der Waals surface area contributed by atoms with E-state index in [4.69, 9.17) is 0 Å². The van der Waals surface area contributed by atoms with Crippen molar-refractivity contribution in [2.24, 2.45) is 5.92 Å². The molecule has 0 rings (SSSR count). The zero-order chi connectivity index (χ0) is 17.7. The molecule has 0 aromatic carbocycles. The molecule has 0 aliphatic carbocycles. The van der Waals surface area contributed by atoms with Gasteiger partial charge in [0.25, 0.3) is 0 Å². The molecule has 0 aromatic rings. The maximum Gasteiger partial charge on any atom is -0.0322 e. The molecule has 0 amide bonds. The average molecular weight is 337 g/mol.